The van der Waals surface area contributed by atoms with Gasteiger partial charge in [-0.25, -0.2) is 4.79 Å². The first-order chi connectivity index (χ1) is 7.72. The highest BCUT2D eigenvalue weighted by Gasteiger charge is 2.13. The molecule has 0 amide bonds. The number of aryl methyl sites for hydroxylation is 2. The lowest BCUT2D eigenvalue weighted by Crippen LogP contribution is -2.08. The van der Waals surface area contributed by atoms with Crippen molar-refractivity contribution in [1.82, 2.24) is 9.78 Å². The second-order valence-corrected chi connectivity index (χ2v) is 3.23. The topological polar surface area (TPSA) is 67.9 Å². The fourth-order valence-electron chi connectivity index (χ4n) is 1.39. The maximum atomic E-state index is 11.4. The quantitative estimate of drug-likeness (QED) is 0.707. The van der Waals surface area contributed by atoms with Crippen LogP contribution in [0.5, 0.6) is 0 Å². The average Bonchev–Trinajstić information content (AvgIpc) is 2.70. The summed E-state index contributed by atoms with van der Waals surface area (Å²) in [6.45, 7) is 4.59. The van der Waals surface area contributed by atoms with Crippen molar-refractivity contribution in [1.29, 1.82) is 5.26 Å². The van der Waals surface area contributed by atoms with Crippen LogP contribution in [0.15, 0.2) is 6.07 Å². The number of esters is 1. The third kappa shape index (κ3) is 2.83. The molecule has 5 nitrogen and oxygen atoms in total. The highest BCUT2D eigenvalue weighted by atomic mass is 16.5. The number of carbonyl (C=O) groups excluding carboxylic acids is 1. The lowest BCUT2D eigenvalue weighted by atomic mass is 10.3. The van der Waals surface area contributed by atoms with Crippen LogP contribution in [0.2, 0.25) is 0 Å². The van der Waals surface area contributed by atoms with Crippen molar-refractivity contribution < 1.29 is 9.53 Å². The lowest BCUT2D eigenvalue weighted by Gasteiger charge is -2.01. The van der Waals surface area contributed by atoms with Gasteiger partial charge in [-0.2, -0.15) is 10.4 Å². The summed E-state index contributed by atoms with van der Waals surface area (Å²) in [4.78, 5) is 11.4. The zero-order valence-electron chi connectivity index (χ0n) is 9.56. The fraction of sp³-hybridized carbons (Fsp3) is 0.545. The third-order valence-corrected chi connectivity index (χ3v) is 2.15. The second-order valence-electron chi connectivity index (χ2n) is 3.23. The predicted octanol–water partition coefficient (Wildman–Crippen LogP) is 1.54. The van der Waals surface area contributed by atoms with E-state index >= 15 is 0 Å². The summed E-state index contributed by atoms with van der Waals surface area (Å²) in [6, 6.07) is 3.77. The van der Waals surface area contributed by atoms with Gasteiger partial charge in [0.05, 0.1) is 25.6 Å². The van der Waals surface area contributed by atoms with Crippen molar-refractivity contribution in [2.45, 2.75) is 33.2 Å². The molecule has 0 bridgehead atoms. The first kappa shape index (κ1) is 12.2. The zero-order valence-corrected chi connectivity index (χ0v) is 9.56. The van der Waals surface area contributed by atoms with E-state index in [-0.39, 0.29) is 0 Å². The molecular formula is C11H15N3O2. The summed E-state index contributed by atoms with van der Waals surface area (Å²) in [5, 5.41) is 12.6. The van der Waals surface area contributed by atoms with Crippen molar-refractivity contribution in [2.75, 3.05) is 6.61 Å². The number of ether oxygens (including phenoxy) is 1. The first-order valence-electron chi connectivity index (χ1n) is 5.33. The van der Waals surface area contributed by atoms with E-state index in [1.807, 2.05) is 6.92 Å². The number of carbonyl (C=O) groups is 1. The normalized spacial score (nSPS) is 9.81. The molecule has 0 aromatic carbocycles. The summed E-state index contributed by atoms with van der Waals surface area (Å²) < 4.78 is 6.56. The van der Waals surface area contributed by atoms with Gasteiger partial charge in [0, 0.05) is 5.69 Å². The van der Waals surface area contributed by atoms with Crippen LogP contribution in [0, 0.1) is 11.3 Å². The Kier molecular flexibility index (Phi) is 4.52. The van der Waals surface area contributed by atoms with Gasteiger partial charge in [-0.3, -0.25) is 4.68 Å². The molecule has 0 aliphatic carbocycles. The molecule has 0 atom stereocenters. The van der Waals surface area contributed by atoms with E-state index in [9.17, 15) is 4.79 Å². The molecule has 1 aromatic rings. The van der Waals surface area contributed by atoms with E-state index in [1.165, 1.54) is 0 Å². The third-order valence-electron chi connectivity index (χ3n) is 2.15. The van der Waals surface area contributed by atoms with Crippen LogP contribution < -0.4 is 0 Å². The number of nitriles is 1. The Balaban J connectivity index is 2.85. The molecule has 0 unspecified atom stereocenters. The molecule has 0 saturated carbocycles. The van der Waals surface area contributed by atoms with E-state index in [0.29, 0.717) is 25.3 Å². The average molecular weight is 221 g/mol. The van der Waals surface area contributed by atoms with Crippen LogP contribution in [-0.2, 0) is 17.7 Å². The predicted molar refractivity (Wildman–Crippen MR) is 57.8 cm³/mol. The van der Waals surface area contributed by atoms with Gasteiger partial charge in [0.25, 0.3) is 0 Å². The zero-order chi connectivity index (χ0) is 12.0. The molecule has 0 spiro atoms. The molecule has 0 saturated heterocycles. The summed E-state index contributed by atoms with van der Waals surface area (Å²) >= 11 is 0. The van der Waals surface area contributed by atoms with Gasteiger partial charge < -0.3 is 4.74 Å². The second kappa shape index (κ2) is 5.91. The van der Waals surface area contributed by atoms with Crippen LogP contribution in [0.1, 0.15) is 36.5 Å². The van der Waals surface area contributed by atoms with Gasteiger partial charge in [0.2, 0.25) is 0 Å². The summed E-state index contributed by atoms with van der Waals surface area (Å²) in [7, 11) is 0. The minimum absolute atomic E-state index is 0.316. The van der Waals surface area contributed by atoms with Crippen LogP contribution in [-0.4, -0.2) is 22.4 Å². The molecule has 0 aliphatic heterocycles. The molecule has 0 radical (unpaired) electrons. The summed E-state index contributed by atoms with van der Waals surface area (Å²) in [5.41, 5.74) is 1.26. The number of rotatable bonds is 5. The monoisotopic (exact) mass is 221 g/mol. The Labute approximate surface area is 94.6 Å². The van der Waals surface area contributed by atoms with E-state index in [2.05, 4.69) is 11.2 Å². The Morgan fingerprint density at radius 1 is 1.62 bits per heavy atom. The van der Waals surface area contributed by atoms with Crippen molar-refractivity contribution in [3.63, 3.8) is 0 Å². The Morgan fingerprint density at radius 2 is 2.38 bits per heavy atom. The van der Waals surface area contributed by atoms with Gasteiger partial charge in [-0.15, -0.1) is 0 Å². The molecule has 5 heteroatoms. The maximum absolute atomic E-state index is 11.4. The highest BCUT2D eigenvalue weighted by Crippen LogP contribution is 2.07. The lowest BCUT2D eigenvalue weighted by molar-refractivity contribution is 0.0518. The van der Waals surface area contributed by atoms with Crippen LogP contribution in [0.4, 0.5) is 0 Å². The summed E-state index contributed by atoms with van der Waals surface area (Å²) in [6.07, 6.45) is 1.16. The molecule has 0 fully saturated rings. The number of nitrogens with zero attached hydrogens (tertiary/aromatic N) is 3. The van der Waals surface area contributed by atoms with Gasteiger partial charge in [0.1, 0.15) is 0 Å². The maximum Gasteiger partial charge on any atom is 0.358 e. The van der Waals surface area contributed by atoms with Crippen molar-refractivity contribution in [3.8, 4) is 6.07 Å². The Hall–Kier alpha value is -1.83. The molecule has 16 heavy (non-hydrogen) atoms. The fourth-order valence-corrected chi connectivity index (χ4v) is 1.39. The molecular weight excluding hydrogens is 206 g/mol. The minimum atomic E-state index is -0.409. The first-order valence-corrected chi connectivity index (χ1v) is 5.33. The van der Waals surface area contributed by atoms with E-state index in [4.69, 9.17) is 10.00 Å². The summed E-state index contributed by atoms with van der Waals surface area (Å²) in [5.74, 6) is -0.409. The molecule has 86 valence electrons. The van der Waals surface area contributed by atoms with E-state index < -0.39 is 5.97 Å². The van der Waals surface area contributed by atoms with Crippen molar-refractivity contribution in [2.24, 2.45) is 0 Å². The molecule has 1 rings (SSSR count). The number of aromatic nitrogens is 2. The standard InChI is InChI=1S/C11H15N3O2/c1-3-9-8-10(11(15)16-4-2)13-14(9)7-5-6-12/h8H,3-5,7H2,1-2H3. The van der Waals surface area contributed by atoms with Gasteiger partial charge in [-0.05, 0) is 19.4 Å². The SMILES string of the molecule is CCOC(=O)c1cc(CC)n(CCC#N)n1. The van der Waals surface area contributed by atoms with Gasteiger partial charge in [-0.1, -0.05) is 6.92 Å². The van der Waals surface area contributed by atoms with E-state index in [1.54, 1.807) is 17.7 Å². The van der Waals surface area contributed by atoms with Crippen LogP contribution in [0.25, 0.3) is 0 Å². The smallest absolute Gasteiger partial charge is 0.358 e. The van der Waals surface area contributed by atoms with Crippen LogP contribution >= 0.6 is 0 Å². The van der Waals surface area contributed by atoms with E-state index in [0.717, 1.165) is 12.1 Å². The van der Waals surface area contributed by atoms with Gasteiger partial charge >= 0.3 is 5.97 Å². The molecule has 1 aromatic heterocycles. The Bertz CT molecular complexity index is 404. The van der Waals surface area contributed by atoms with Gasteiger partial charge in [0.15, 0.2) is 5.69 Å². The number of hydrogen-bond donors (Lipinski definition) is 0. The molecule has 0 N–H and O–H groups in total. The largest absolute Gasteiger partial charge is 0.461 e. The van der Waals surface area contributed by atoms with Crippen molar-refractivity contribution in [3.05, 3.63) is 17.5 Å². The molecule has 0 aliphatic rings. The van der Waals surface area contributed by atoms with Crippen LogP contribution in [0.3, 0.4) is 0 Å². The highest BCUT2D eigenvalue weighted by molar-refractivity contribution is 5.87. The molecule has 1 heterocycles. The number of hydrogen-bond acceptors (Lipinski definition) is 4. The Morgan fingerprint density at radius 3 is 2.94 bits per heavy atom. The van der Waals surface area contributed by atoms with Crippen molar-refractivity contribution >= 4 is 5.97 Å². The minimum Gasteiger partial charge on any atom is -0.461 e.